The second-order valence-electron chi connectivity index (χ2n) is 6.40. The van der Waals surface area contributed by atoms with Crippen molar-refractivity contribution >= 4 is 21.6 Å². The summed E-state index contributed by atoms with van der Waals surface area (Å²) in [6.07, 6.45) is 1.98. The van der Waals surface area contributed by atoms with Crippen LogP contribution in [0.4, 0.5) is 5.69 Å². The van der Waals surface area contributed by atoms with Crippen LogP contribution in [0.5, 0.6) is 0 Å². The first-order chi connectivity index (χ1) is 12.2. The third-order valence-electron chi connectivity index (χ3n) is 4.40. The average Bonchev–Trinajstić information content (AvgIpc) is 2.60. The van der Waals surface area contributed by atoms with Gasteiger partial charge in [0.15, 0.2) is 0 Å². The molecule has 0 aliphatic rings. The number of benzene rings is 2. The molecule has 1 unspecified atom stereocenters. The van der Waals surface area contributed by atoms with Crippen LogP contribution in [-0.4, -0.2) is 26.6 Å². The Morgan fingerprint density at radius 1 is 1.12 bits per heavy atom. The summed E-state index contributed by atoms with van der Waals surface area (Å²) >= 11 is 0. The Kier molecular flexibility index (Phi) is 6.42. The Morgan fingerprint density at radius 3 is 2.27 bits per heavy atom. The van der Waals surface area contributed by atoms with Crippen LogP contribution >= 0.6 is 0 Å². The van der Waals surface area contributed by atoms with Crippen molar-refractivity contribution in [2.45, 2.75) is 39.8 Å². The normalized spacial score (nSPS) is 12.5. The molecule has 0 heterocycles. The van der Waals surface area contributed by atoms with E-state index < -0.39 is 16.1 Å². The van der Waals surface area contributed by atoms with E-state index in [-0.39, 0.29) is 5.91 Å². The molecule has 0 aliphatic heterocycles. The van der Waals surface area contributed by atoms with Gasteiger partial charge in [-0.25, -0.2) is 8.42 Å². The first-order valence-corrected chi connectivity index (χ1v) is 10.5. The zero-order valence-electron chi connectivity index (χ0n) is 15.7. The van der Waals surface area contributed by atoms with Crippen molar-refractivity contribution in [1.82, 2.24) is 5.32 Å². The summed E-state index contributed by atoms with van der Waals surface area (Å²) in [6.45, 7) is 5.97. The van der Waals surface area contributed by atoms with E-state index >= 15 is 0 Å². The summed E-state index contributed by atoms with van der Waals surface area (Å²) in [5.74, 6) is -0.335. The first kappa shape index (κ1) is 20.0. The molecular weight excluding hydrogens is 348 g/mol. The predicted octanol–water partition coefficient (Wildman–Crippen LogP) is 3.03. The molecule has 0 spiro atoms. The number of amides is 1. The third-order valence-corrected chi connectivity index (χ3v) is 5.64. The van der Waals surface area contributed by atoms with E-state index in [4.69, 9.17) is 0 Å². The summed E-state index contributed by atoms with van der Waals surface area (Å²) in [4.78, 5) is 12.6. The molecule has 0 bridgehead atoms. The second kappa shape index (κ2) is 8.36. The van der Waals surface area contributed by atoms with Crippen molar-refractivity contribution in [2.24, 2.45) is 0 Å². The lowest BCUT2D eigenvalue weighted by Crippen LogP contribution is -2.47. The topological polar surface area (TPSA) is 66.5 Å². The van der Waals surface area contributed by atoms with E-state index in [0.717, 1.165) is 29.4 Å². The summed E-state index contributed by atoms with van der Waals surface area (Å²) in [6, 6.07) is 14.2. The van der Waals surface area contributed by atoms with Gasteiger partial charge in [-0.3, -0.25) is 9.10 Å². The van der Waals surface area contributed by atoms with Gasteiger partial charge in [0.25, 0.3) is 0 Å². The lowest BCUT2D eigenvalue weighted by Gasteiger charge is -2.28. The fourth-order valence-corrected chi connectivity index (χ4v) is 4.00. The van der Waals surface area contributed by atoms with Gasteiger partial charge >= 0.3 is 0 Å². The lowest BCUT2D eigenvalue weighted by atomic mass is 10.1. The number of rotatable bonds is 7. The highest BCUT2D eigenvalue weighted by atomic mass is 32.2. The maximum atomic E-state index is 12.6. The lowest BCUT2D eigenvalue weighted by molar-refractivity contribution is -0.122. The van der Waals surface area contributed by atoms with Crippen LogP contribution in [0.15, 0.2) is 48.5 Å². The van der Waals surface area contributed by atoms with E-state index in [0.29, 0.717) is 12.2 Å². The maximum Gasteiger partial charge on any atom is 0.243 e. The molecule has 26 heavy (non-hydrogen) atoms. The van der Waals surface area contributed by atoms with Crippen molar-refractivity contribution in [1.29, 1.82) is 0 Å². The van der Waals surface area contributed by atoms with E-state index in [1.807, 2.05) is 50.2 Å². The van der Waals surface area contributed by atoms with Crippen LogP contribution in [0.1, 0.15) is 30.5 Å². The Labute approximate surface area is 156 Å². The smallest absolute Gasteiger partial charge is 0.243 e. The average molecular weight is 375 g/mol. The molecule has 140 valence electrons. The van der Waals surface area contributed by atoms with Crippen LogP contribution in [0.2, 0.25) is 0 Å². The van der Waals surface area contributed by atoms with Gasteiger partial charge in [-0.2, -0.15) is 0 Å². The number of anilines is 1. The van der Waals surface area contributed by atoms with Crippen molar-refractivity contribution < 1.29 is 13.2 Å². The molecule has 1 atom stereocenters. The molecule has 0 fully saturated rings. The van der Waals surface area contributed by atoms with Gasteiger partial charge in [-0.15, -0.1) is 0 Å². The Hall–Kier alpha value is -2.34. The van der Waals surface area contributed by atoms with Gasteiger partial charge in [0.2, 0.25) is 15.9 Å². The predicted molar refractivity (Wildman–Crippen MR) is 106 cm³/mol. The minimum Gasteiger partial charge on any atom is -0.350 e. The Morgan fingerprint density at radius 2 is 1.73 bits per heavy atom. The minimum atomic E-state index is -3.60. The van der Waals surface area contributed by atoms with Crippen LogP contribution in [0.25, 0.3) is 0 Å². The zero-order valence-corrected chi connectivity index (χ0v) is 16.5. The zero-order chi connectivity index (χ0) is 19.3. The highest BCUT2D eigenvalue weighted by molar-refractivity contribution is 7.92. The van der Waals surface area contributed by atoms with E-state index in [9.17, 15) is 13.2 Å². The van der Waals surface area contributed by atoms with Crippen LogP contribution < -0.4 is 9.62 Å². The number of hydrogen-bond donors (Lipinski definition) is 1. The summed E-state index contributed by atoms with van der Waals surface area (Å²) in [5, 5.41) is 2.84. The fourth-order valence-electron chi connectivity index (χ4n) is 2.83. The highest BCUT2D eigenvalue weighted by Crippen LogP contribution is 2.22. The Bertz CT molecular complexity index is 861. The molecule has 2 aromatic rings. The van der Waals surface area contributed by atoms with Crippen molar-refractivity contribution in [2.75, 3.05) is 10.6 Å². The van der Waals surface area contributed by atoms with Crippen LogP contribution in [-0.2, 0) is 27.8 Å². The van der Waals surface area contributed by atoms with Crippen molar-refractivity contribution in [3.8, 4) is 0 Å². The molecule has 1 amide bonds. The number of sulfonamides is 1. The molecule has 0 aliphatic carbocycles. The molecule has 2 aromatic carbocycles. The minimum absolute atomic E-state index is 0.335. The van der Waals surface area contributed by atoms with Gasteiger partial charge in [0, 0.05) is 6.54 Å². The Balaban J connectivity index is 2.19. The quantitative estimate of drug-likeness (QED) is 0.810. The molecule has 0 saturated heterocycles. The SMILES string of the molecule is CCc1ccc(N(C(C)C(=O)NCc2ccccc2C)S(C)(=O)=O)cc1. The van der Waals surface area contributed by atoms with E-state index in [2.05, 4.69) is 5.32 Å². The number of aryl methyl sites for hydroxylation is 2. The maximum absolute atomic E-state index is 12.6. The summed E-state index contributed by atoms with van der Waals surface area (Å²) in [5.41, 5.74) is 3.68. The van der Waals surface area contributed by atoms with Gasteiger partial charge < -0.3 is 5.32 Å². The molecule has 1 N–H and O–H groups in total. The molecule has 0 radical (unpaired) electrons. The first-order valence-electron chi connectivity index (χ1n) is 8.64. The van der Waals surface area contributed by atoms with Gasteiger partial charge in [0.1, 0.15) is 6.04 Å². The third kappa shape index (κ3) is 4.85. The number of nitrogens with one attached hydrogen (secondary N) is 1. The standard InChI is InChI=1S/C20H26N2O3S/c1-5-17-10-12-19(13-11-17)22(26(4,24)25)16(3)20(23)21-14-18-9-7-6-8-15(18)2/h6-13,16H,5,14H2,1-4H3,(H,21,23). The van der Waals surface area contributed by atoms with E-state index in [1.165, 1.54) is 4.31 Å². The molecule has 6 heteroatoms. The molecule has 0 aromatic heterocycles. The summed E-state index contributed by atoms with van der Waals surface area (Å²) < 4.78 is 25.8. The number of nitrogens with zero attached hydrogens (tertiary/aromatic N) is 1. The van der Waals surface area contributed by atoms with Crippen molar-refractivity contribution in [3.05, 3.63) is 65.2 Å². The molecule has 0 saturated carbocycles. The molecule has 5 nitrogen and oxygen atoms in total. The summed E-state index contributed by atoms with van der Waals surface area (Å²) in [7, 11) is -3.60. The van der Waals surface area contributed by atoms with Crippen LogP contribution in [0, 0.1) is 6.92 Å². The fraction of sp³-hybridized carbons (Fsp3) is 0.350. The van der Waals surface area contributed by atoms with E-state index in [1.54, 1.807) is 19.1 Å². The number of carbonyl (C=O) groups is 1. The van der Waals surface area contributed by atoms with Crippen molar-refractivity contribution in [3.63, 3.8) is 0 Å². The number of carbonyl (C=O) groups excluding carboxylic acids is 1. The van der Waals surface area contributed by atoms with Gasteiger partial charge in [-0.1, -0.05) is 43.3 Å². The molecular formula is C20H26N2O3S. The monoisotopic (exact) mass is 374 g/mol. The molecule has 2 rings (SSSR count). The van der Waals surface area contributed by atoms with Crippen LogP contribution in [0.3, 0.4) is 0 Å². The van der Waals surface area contributed by atoms with Gasteiger partial charge in [0.05, 0.1) is 11.9 Å². The largest absolute Gasteiger partial charge is 0.350 e. The number of hydrogen-bond acceptors (Lipinski definition) is 3. The van der Waals surface area contributed by atoms with Gasteiger partial charge in [-0.05, 0) is 49.1 Å². The second-order valence-corrected chi connectivity index (χ2v) is 8.26. The highest BCUT2D eigenvalue weighted by Gasteiger charge is 2.28.